The van der Waals surface area contributed by atoms with E-state index >= 15 is 0 Å². The first-order valence-corrected chi connectivity index (χ1v) is 3.93. The molecular weight excluding hydrogens is 152 g/mol. The van der Waals surface area contributed by atoms with E-state index in [0.29, 0.717) is 0 Å². The van der Waals surface area contributed by atoms with Gasteiger partial charge in [-0.3, -0.25) is 5.32 Å². The average Bonchev–Trinajstić information content (AvgIpc) is 2.56. The Morgan fingerprint density at radius 3 is 2.83 bits per heavy atom. The Morgan fingerprint density at radius 1 is 1.58 bits per heavy atom. The molecular formula is C9H12N2O. The van der Waals surface area contributed by atoms with Crippen LogP contribution in [-0.2, 0) is 0 Å². The van der Waals surface area contributed by atoms with Crippen molar-refractivity contribution in [3.63, 3.8) is 0 Å². The van der Waals surface area contributed by atoms with Crippen molar-refractivity contribution in [1.29, 1.82) is 5.26 Å². The Hall–Kier alpha value is -1.27. The molecule has 0 aliphatic heterocycles. The summed E-state index contributed by atoms with van der Waals surface area (Å²) in [5.41, 5.74) is 0. The van der Waals surface area contributed by atoms with Crippen molar-refractivity contribution in [3.05, 3.63) is 24.2 Å². The summed E-state index contributed by atoms with van der Waals surface area (Å²) in [6.07, 6.45) is 1.63. The summed E-state index contributed by atoms with van der Waals surface area (Å²) in [6, 6.07) is 5.78. The monoisotopic (exact) mass is 164 g/mol. The maximum Gasteiger partial charge on any atom is 0.120 e. The second kappa shape index (κ2) is 3.93. The van der Waals surface area contributed by atoms with Gasteiger partial charge in [-0.2, -0.15) is 5.26 Å². The minimum absolute atomic E-state index is 0.0923. The van der Waals surface area contributed by atoms with Gasteiger partial charge in [-0.05, 0) is 26.0 Å². The largest absolute Gasteiger partial charge is 0.468 e. The summed E-state index contributed by atoms with van der Waals surface area (Å²) < 4.78 is 5.17. The van der Waals surface area contributed by atoms with Crippen LogP contribution in [0.15, 0.2) is 22.8 Å². The SMILES string of the molecule is CC(C#N)N[C@H](C)c1ccco1. The molecule has 0 aliphatic rings. The molecule has 1 rings (SSSR count). The van der Waals surface area contributed by atoms with Crippen molar-refractivity contribution in [2.24, 2.45) is 0 Å². The van der Waals surface area contributed by atoms with Crippen molar-refractivity contribution in [2.45, 2.75) is 25.9 Å². The number of hydrogen-bond acceptors (Lipinski definition) is 3. The minimum atomic E-state index is -0.148. The highest BCUT2D eigenvalue weighted by molar-refractivity contribution is 5.04. The number of nitrogens with one attached hydrogen (secondary N) is 1. The van der Waals surface area contributed by atoms with E-state index < -0.39 is 0 Å². The molecule has 0 radical (unpaired) electrons. The normalized spacial score (nSPS) is 15.1. The van der Waals surface area contributed by atoms with Crippen LogP contribution in [0.5, 0.6) is 0 Å². The first-order chi connectivity index (χ1) is 5.74. The van der Waals surface area contributed by atoms with E-state index in [4.69, 9.17) is 9.68 Å². The number of rotatable bonds is 3. The predicted octanol–water partition coefficient (Wildman–Crippen LogP) is 1.84. The molecule has 1 unspecified atom stereocenters. The van der Waals surface area contributed by atoms with Gasteiger partial charge < -0.3 is 4.42 Å². The zero-order valence-electron chi connectivity index (χ0n) is 7.24. The van der Waals surface area contributed by atoms with Gasteiger partial charge >= 0.3 is 0 Å². The third-order valence-electron chi connectivity index (χ3n) is 1.66. The summed E-state index contributed by atoms with van der Waals surface area (Å²) in [7, 11) is 0. The van der Waals surface area contributed by atoms with Crippen LogP contribution in [0.2, 0.25) is 0 Å². The van der Waals surface area contributed by atoms with Gasteiger partial charge in [0.05, 0.1) is 24.4 Å². The second-order valence-corrected chi connectivity index (χ2v) is 2.75. The van der Waals surface area contributed by atoms with Gasteiger partial charge in [-0.15, -0.1) is 0 Å². The Labute approximate surface area is 72.0 Å². The van der Waals surface area contributed by atoms with Crippen LogP contribution in [0.3, 0.4) is 0 Å². The summed E-state index contributed by atoms with van der Waals surface area (Å²) >= 11 is 0. The number of nitriles is 1. The lowest BCUT2D eigenvalue weighted by Gasteiger charge is -2.11. The van der Waals surface area contributed by atoms with E-state index in [9.17, 15) is 0 Å². The van der Waals surface area contributed by atoms with E-state index in [0.717, 1.165) is 5.76 Å². The fourth-order valence-corrected chi connectivity index (χ4v) is 1.03. The van der Waals surface area contributed by atoms with E-state index in [1.807, 2.05) is 26.0 Å². The van der Waals surface area contributed by atoms with Gasteiger partial charge in [-0.25, -0.2) is 0 Å². The molecule has 12 heavy (non-hydrogen) atoms. The van der Waals surface area contributed by atoms with Gasteiger partial charge in [-0.1, -0.05) is 0 Å². The lowest BCUT2D eigenvalue weighted by Crippen LogP contribution is -2.27. The highest BCUT2D eigenvalue weighted by Gasteiger charge is 2.09. The Bertz CT molecular complexity index is 261. The summed E-state index contributed by atoms with van der Waals surface area (Å²) in [5, 5.41) is 11.6. The zero-order valence-corrected chi connectivity index (χ0v) is 7.24. The molecule has 0 saturated carbocycles. The molecule has 2 atom stereocenters. The first-order valence-electron chi connectivity index (χ1n) is 3.93. The summed E-state index contributed by atoms with van der Waals surface area (Å²) in [6.45, 7) is 3.78. The molecule has 0 saturated heterocycles. The molecule has 3 heteroatoms. The van der Waals surface area contributed by atoms with Crippen LogP contribution in [0.4, 0.5) is 0 Å². The van der Waals surface area contributed by atoms with Gasteiger partial charge in [0.15, 0.2) is 0 Å². The smallest absolute Gasteiger partial charge is 0.120 e. The van der Waals surface area contributed by atoms with Gasteiger partial charge in [0.2, 0.25) is 0 Å². The molecule has 1 N–H and O–H groups in total. The third-order valence-corrected chi connectivity index (χ3v) is 1.66. The van der Waals surface area contributed by atoms with E-state index in [1.54, 1.807) is 6.26 Å². The Balaban J connectivity index is 2.51. The van der Waals surface area contributed by atoms with Gasteiger partial charge in [0.1, 0.15) is 5.76 Å². The van der Waals surface area contributed by atoms with Crippen LogP contribution in [0.1, 0.15) is 25.6 Å². The third kappa shape index (κ3) is 2.11. The number of nitrogens with zero attached hydrogens (tertiary/aromatic N) is 1. The molecule has 0 spiro atoms. The fourth-order valence-electron chi connectivity index (χ4n) is 1.03. The maximum absolute atomic E-state index is 8.54. The first kappa shape index (κ1) is 8.82. The van der Waals surface area contributed by atoms with E-state index in [1.165, 1.54) is 0 Å². The maximum atomic E-state index is 8.54. The molecule has 0 fully saturated rings. The Kier molecular flexibility index (Phi) is 2.89. The van der Waals surface area contributed by atoms with Crippen molar-refractivity contribution < 1.29 is 4.42 Å². The minimum Gasteiger partial charge on any atom is -0.468 e. The van der Waals surface area contributed by atoms with Crippen LogP contribution in [0.25, 0.3) is 0 Å². The molecule has 1 aromatic heterocycles. The quantitative estimate of drug-likeness (QED) is 0.741. The molecule has 3 nitrogen and oxygen atoms in total. The average molecular weight is 164 g/mol. The molecule has 0 aliphatic carbocycles. The second-order valence-electron chi connectivity index (χ2n) is 2.75. The fraction of sp³-hybridized carbons (Fsp3) is 0.444. The highest BCUT2D eigenvalue weighted by atomic mass is 16.3. The Morgan fingerprint density at radius 2 is 2.33 bits per heavy atom. The topological polar surface area (TPSA) is 49.0 Å². The lowest BCUT2D eigenvalue weighted by molar-refractivity contribution is 0.421. The summed E-state index contributed by atoms with van der Waals surface area (Å²) in [5.74, 6) is 0.858. The molecule has 1 heterocycles. The highest BCUT2D eigenvalue weighted by Crippen LogP contribution is 2.12. The van der Waals surface area contributed by atoms with Crippen LogP contribution in [0, 0.1) is 11.3 Å². The van der Waals surface area contributed by atoms with Crippen molar-refractivity contribution in [2.75, 3.05) is 0 Å². The molecule has 64 valence electrons. The van der Waals surface area contributed by atoms with Gasteiger partial charge in [0, 0.05) is 0 Å². The molecule has 0 aromatic carbocycles. The van der Waals surface area contributed by atoms with Crippen molar-refractivity contribution in [3.8, 4) is 6.07 Å². The summed E-state index contributed by atoms with van der Waals surface area (Å²) in [4.78, 5) is 0. The predicted molar refractivity (Wildman–Crippen MR) is 45.3 cm³/mol. The standard InChI is InChI=1S/C9H12N2O/c1-7(6-10)11-8(2)9-4-3-5-12-9/h3-5,7-8,11H,1-2H3/t7?,8-/m1/s1. The zero-order chi connectivity index (χ0) is 8.97. The number of furan rings is 1. The van der Waals surface area contributed by atoms with Gasteiger partial charge in [0.25, 0.3) is 0 Å². The van der Waals surface area contributed by atoms with E-state index in [2.05, 4.69) is 11.4 Å². The van der Waals surface area contributed by atoms with Crippen molar-refractivity contribution >= 4 is 0 Å². The van der Waals surface area contributed by atoms with Crippen LogP contribution >= 0.6 is 0 Å². The lowest BCUT2D eigenvalue weighted by atomic mass is 10.2. The molecule has 1 aromatic rings. The van der Waals surface area contributed by atoms with Crippen molar-refractivity contribution in [1.82, 2.24) is 5.32 Å². The van der Waals surface area contributed by atoms with Crippen LogP contribution in [-0.4, -0.2) is 6.04 Å². The van der Waals surface area contributed by atoms with E-state index in [-0.39, 0.29) is 12.1 Å². The number of hydrogen-bond donors (Lipinski definition) is 1. The molecule has 0 amide bonds. The molecule has 0 bridgehead atoms. The van der Waals surface area contributed by atoms with Crippen LogP contribution < -0.4 is 5.32 Å².